The number of hydrazone groups is 1. The summed E-state index contributed by atoms with van der Waals surface area (Å²) in [4.78, 5) is 14.4. The van der Waals surface area contributed by atoms with Crippen LogP contribution in [0.15, 0.2) is 76.7 Å². The number of ether oxygens (including phenoxy) is 3. The Bertz CT molecular complexity index is 1240. The van der Waals surface area contributed by atoms with Gasteiger partial charge in [-0.3, -0.25) is 0 Å². The van der Waals surface area contributed by atoms with Crippen molar-refractivity contribution in [3.8, 4) is 17.2 Å². The Hall–Kier alpha value is -3.92. The maximum atomic E-state index is 13.0. The molecule has 3 aromatic rings. The van der Waals surface area contributed by atoms with E-state index in [4.69, 9.17) is 14.2 Å². The predicted molar refractivity (Wildman–Crippen MR) is 120 cm³/mol. The number of carbonyl (C=O) groups is 1. The number of nitrogens with one attached hydrogen (secondary N) is 1. The van der Waals surface area contributed by atoms with Gasteiger partial charge >= 0.3 is 5.97 Å². The molecule has 0 amide bonds. The fourth-order valence-corrected chi connectivity index (χ4v) is 3.49. The molecular formula is C23H21FN2O6S. The van der Waals surface area contributed by atoms with Crippen molar-refractivity contribution >= 4 is 22.2 Å². The van der Waals surface area contributed by atoms with Gasteiger partial charge in [-0.1, -0.05) is 0 Å². The van der Waals surface area contributed by atoms with Gasteiger partial charge in [0.2, 0.25) is 0 Å². The molecule has 8 nitrogen and oxygen atoms in total. The summed E-state index contributed by atoms with van der Waals surface area (Å²) >= 11 is 0. The molecular weight excluding hydrogens is 451 g/mol. The largest absolute Gasteiger partial charge is 0.494 e. The van der Waals surface area contributed by atoms with Gasteiger partial charge in [0, 0.05) is 0 Å². The number of halogens is 1. The predicted octanol–water partition coefficient (Wildman–Crippen LogP) is 3.76. The fourth-order valence-electron chi connectivity index (χ4n) is 2.70. The van der Waals surface area contributed by atoms with Gasteiger partial charge < -0.3 is 14.2 Å². The van der Waals surface area contributed by atoms with Gasteiger partial charge in [-0.15, -0.1) is 0 Å². The molecule has 0 radical (unpaired) electrons. The summed E-state index contributed by atoms with van der Waals surface area (Å²) in [6.45, 7) is 2.31. The Kier molecular flexibility index (Phi) is 7.62. The Balaban J connectivity index is 1.68. The van der Waals surface area contributed by atoms with E-state index < -0.39 is 21.8 Å². The number of benzene rings is 3. The zero-order valence-corrected chi connectivity index (χ0v) is 18.6. The minimum atomic E-state index is -3.87. The quantitative estimate of drug-likeness (QED) is 0.220. The molecule has 0 aliphatic rings. The first-order chi connectivity index (χ1) is 15.8. The first kappa shape index (κ1) is 23.7. The second-order valence-corrected chi connectivity index (χ2v) is 8.22. The molecule has 0 saturated heterocycles. The van der Waals surface area contributed by atoms with E-state index in [0.29, 0.717) is 17.9 Å². The summed E-state index contributed by atoms with van der Waals surface area (Å²) in [7, 11) is -2.48. The maximum Gasteiger partial charge on any atom is 0.343 e. The van der Waals surface area contributed by atoms with Crippen LogP contribution in [0.25, 0.3) is 0 Å². The molecule has 0 aliphatic heterocycles. The molecule has 10 heteroatoms. The van der Waals surface area contributed by atoms with Crippen molar-refractivity contribution in [1.29, 1.82) is 0 Å². The van der Waals surface area contributed by atoms with E-state index in [2.05, 4.69) is 9.93 Å². The van der Waals surface area contributed by atoms with Crippen molar-refractivity contribution in [2.75, 3.05) is 13.7 Å². The average molecular weight is 472 g/mol. The van der Waals surface area contributed by atoms with Crippen molar-refractivity contribution in [2.45, 2.75) is 11.8 Å². The van der Waals surface area contributed by atoms with Crippen LogP contribution in [-0.2, 0) is 10.0 Å². The molecule has 0 atom stereocenters. The van der Waals surface area contributed by atoms with Crippen LogP contribution in [0.3, 0.4) is 0 Å². The fraction of sp³-hybridized carbons (Fsp3) is 0.130. The minimum Gasteiger partial charge on any atom is -0.494 e. The second kappa shape index (κ2) is 10.6. The molecule has 0 fully saturated rings. The summed E-state index contributed by atoms with van der Waals surface area (Å²) in [6, 6.07) is 15.4. The van der Waals surface area contributed by atoms with Gasteiger partial charge in [0.05, 0.1) is 30.4 Å². The van der Waals surface area contributed by atoms with Crippen molar-refractivity contribution < 1.29 is 31.8 Å². The number of hydrogen-bond donors (Lipinski definition) is 1. The third-order valence-electron chi connectivity index (χ3n) is 4.30. The van der Waals surface area contributed by atoms with E-state index in [0.717, 1.165) is 12.1 Å². The van der Waals surface area contributed by atoms with Crippen molar-refractivity contribution in [2.24, 2.45) is 5.10 Å². The monoisotopic (exact) mass is 472 g/mol. The van der Waals surface area contributed by atoms with Gasteiger partial charge in [-0.05, 0) is 79.2 Å². The van der Waals surface area contributed by atoms with Gasteiger partial charge in [-0.2, -0.15) is 13.5 Å². The molecule has 0 aliphatic carbocycles. The van der Waals surface area contributed by atoms with Crippen LogP contribution >= 0.6 is 0 Å². The SMILES string of the molecule is CCOc1ccc(S(=O)(=O)NN=Cc2ccc(OC(=O)c3ccc(F)cc3)c(OC)c2)cc1. The first-order valence-corrected chi connectivity index (χ1v) is 11.2. The average Bonchev–Trinajstić information content (AvgIpc) is 2.81. The van der Waals surface area contributed by atoms with Crippen LogP contribution in [0.2, 0.25) is 0 Å². The Labute approximate surface area is 190 Å². The molecule has 3 rings (SSSR count). The van der Waals surface area contributed by atoms with Gasteiger partial charge in [-0.25, -0.2) is 14.0 Å². The lowest BCUT2D eigenvalue weighted by atomic mass is 10.2. The molecule has 1 N–H and O–H groups in total. The number of esters is 1. The summed E-state index contributed by atoms with van der Waals surface area (Å²) in [5.41, 5.74) is 0.663. The lowest BCUT2D eigenvalue weighted by Gasteiger charge is -2.10. The lowest BCUT2D eigenvalue weighted by Crippen LogP contribution is -2.18. The van der Waals surface area contributed by atoms with Crippen LogP contribution in [0, 0.1) is 5.82 Å². The molecule has 0 spiro atoms. The third-order valence-corrected chi connectivity index (χ3v) is 5.54. The number of methoxy groups -OCH3 is 1. The van der Waals surface area contributed by atoms with Crippen LogP contribution in [-0.4, -0.2) is 34.3 Å². The number of hydrogen-bond acceptors (Lipinski definition) is 7. The van der Waals surface area contributed by atoms with E-state index in [1.54, 1.807) is 18.2 Å². The summed E-state index contributed by atoms with van der Waals surface area (Å²) < 4.78 is 53.6. The normalized spacial score (nSPS) is 11.2. The first-order valence-electron chi connectivity index (χ1n) is 9.76. The minimum absolute atomic E-state index is 0.0312. The van der Waals surface area contributed by atoms with E-state index in [9.17, 15) is 17.6 Å². The third kappa shape index (κ3) is 6.30. The summed E-state index contributed by atoms with van der Waals surface area (Å²) in [6.07, 6.45) is 1.28. The highest BCUT2D eigenvalue weighted by Crippen LogP contribution is 2.28. The lowest BCUT2D eigenvalue weighted by molar-refractivity contribution is 0.0729. The second-order valence-electron chi connectivity index (χ2n) is 6.56. The molecule has 0 unspecified atom stereocenters. The van der Waals surface area contributed by atoms with Crippen LogP contribution < -0.4 is 19.0 Å². The Morgan fingerprint density at radius 3 is 2.36 bits per heavy atom. The number of sulfonamides is 1. The molecule has 3 aromatic carbocycles. The van der Waals surface area contributed by atoms with Gasteiger partial charge in [0.15, 0.2) is 11.5 Å². The molecule has 0 aromatic heterocycles. The van der Waals surface area contributed by atoms with Crippen LogP contribution in [0.1, 0.15) is 22.8 Å². The number of nitrogens with zero attached hydrogens (tertiary/aromatic N) is 1. The topological polar surface area (TPSA) is 103 Å². The Morgan fingerprint density at radius 1 is 1.03 bits per heavy atom. The number of carbonyl (C=O) groups excluding carboxylic acids is 1. The van der Waals surface area contributed by atoms with E-state index in [1.165, 1.54) is 49.7 Å². The summed E-state index contributed by atoms with van der Waals surface area (Å²) in [5.74, 6) is -0.223. The van der Waals surface area contributed by atoms with Crippen LogP contribution in [0.5, 0.6) is 17.2 Å². The van der Waals surface area contributed by atoms with Gasteiger partial charge in [0.25, 0.3) is 10.0 Å². The van der Waals surface area contributed by atoms with E-state index in [-0.39, 0.29) is 22.0 Å². The maximum absolute atomic E-state index is 13.0. The van der Waals surface area contributed by atoms with Gasteiger partial charge in [0.1, 0.15) is 11.6 Å². The van der Waals surface area contributed by atoms with E-state index in [1.807, 2.05) is 6.92 Å². The smallest absolute Gasteiger partial charge is 0.343 e. The Morgan fingerprint density at radius 2 is 1.73 bits per heavy atom. The molecule has 172 valence electrons. The highest BCUT2D eigenvalue weighted by atomic mass is 32.2. The number of rotatable bonds is 9. The van der Waals surface area contributed by atoms with Crippen molar-refractivity contribution in [1.82, 2.24) is 4.83 Å². The standard InChI is InChI=1S/C23H21FN2O6S/c1-3-31-19-9-11-20(12-10-19)33(28,29)26-25-15-16-4-13-21(22(14-16)30-2)32-23(27)17-5-7-18(24)8-6-17/h4-15,26H,3H2,1-2H3. The molecule has 33 heavy (non-hydrogen) atoms. The highest BCUT2D eigenvalue weighted by Gasteiger charge is 2.14. The molecule has 0 bridgehead atoms. The highest BCUT2D eigenvalue weighted by molar-refractivity contribution is 7.89. The zero-order chi connectivity index (χ0) is 23.8. The van der Waals surface area contributed by atoms with Crippen LogP contribution in [0.4, 0.5) is 4.39 Å². The zero-order valence-electron chi connectivity index (χ0n) is 17.8. The van der Waals surface area contributed by atoms with Crippen molar-refractivity contribution in [3.05, 3.63) is 83.7 Å². The molecule has 0 saturated carbocycles. The summed E-state index contributed by atoms with van der Waals surface area (Å²) in [5, 5.41) is 3.78. The van der Waals surface area contributed by atoms with E-state index >= 15 is 0 Å². The molecule has 0 heterocycles. The van der Waals surface area contributed by atoms with Crippen molar-refractivity contribution in [3.63, 3.8) is 0 Å².